The maximum atomic E-state index is 13.3. The number of hydrogen-bond acceptors (Lipinski definition) is 6. The number of amides is 1. The quantitative estimate of drug-likeness (QED) is 0.346. The first-order chi connectivity index (χ1) is 14.5. The first-order valence-corrected chi connectivity index (χ1v) is 11.7. The Hall–Kier alpha value is -2.19. The Morgan fingerprint density at radius 3 is 2.67 bits per heavy atom. The Balaban J connectivity index is 2.03. The van der Waals surface area contributed by atoms with Crippen molar-refractivity contribution in [3.05, 3.63) is 44.7 Å². The second-order valence-electron chi connectivity index (χ2n) is 7.43. The van der Waals surface area contributed by atoms with Gasteiger partial charge < -0.3 is 5.32 Å². The predicted octanol–water partition coefficient (Wildman–Crippen LogP) is 4.61. The molecule has 0 aliphatic carbocycles. The van der Waals surface area contributed by atoms with Gasteiger partial charge in [-0.2, -0.15) is 0 Å². The van der Waals surface area contributed by atoms with Crippen LogP contribution in [0.5, 0.6) is 0 Å². The van der Waals surface area contributed by atoms with Crippen LogP contribution in [0.2, 0.25) is 0 Å². The van der Waals surface area contributed by atoms with Crippen molar-refractivity contribution in [3.8, 4) is 0 Å². The summed E-state index contributed by atoms with van der Waals surface area (Å²) in [6.45, 7) is 7.49. The molecule has 30 heavy (non-hydrogen) atoms. The molecule has 160 valence electrons. The number of fused-ring (bicyclic) bond motifs is 1. The van der Waals surface area contributed by atoms with Crippen LogP contribution in [0.4, 0.5) is 5.82 Å². The molecule has 6 nitrogen and oxygen atoms in total. The van der Waals surface area contributed by atoms with Gasteiger partial charge in [0.1, 0.15) is 15.8 Å². The molecule has 0 radical (unpaired) electrons. The molecule has 8 heteroatoms. The number of hydrogen-bond donors (Lipinski definition) is 1. The lowest BCUT2D eigenvalue weighted by molar-refractivity contribution is -0.122. The Morgan fingerprint density at radius 1 is 1.17 bits per heavy atom. The van der Waals surface area contributed by atoms with Gasteiger partial charge in [0.15, 0.2) is 0 Å². The maximum Gasteiger partial charge on any atom is 0.267 e. The summed E-state index contributed by atoms with van der Waals surface area (Å²) >= 11 is 6.65. The number of aromatic nitrogens is 2. The van der Waals surface area contributed by atoms with Crippen molar-refractivity contribution < 1.29 is 4.79 Å². The highest BCUT2D eigenvalue weighted by Gasteiger charge is 2.32. The summed E-state index contributed by atoms with van der Waals surface area (Å²) in [4.78, 5) is 32.9. The Morgan fingerprint density at radius 2 is 1.93 bits per heavy atom. The number of aryl methyl sites for hydroxylation is 1. The summed E-state index contributed by atoms with van der Waals surface area (Å²) in [5.74, 6) is 0.378. The minimum absolute atomic E-state index is 0.135. The van der Waals surface area contributed by atoms with E-state index in [0.29, 0.717) is 32.8 Å². The van der Waals surface area contributed by atoms with Crippen LogP contribution in [-0.2, 0) is 4.79 Å². The number of carbonyl (C=O) groups is 1. The molecule has 0 atom stereocenters. The molecule has 1 amide bonds. The van der Waals surface area contributed by atoms with Crippen molar-refractivity contribution in [3.63, 3.8) is 0 Å². The van der Waals surface area contributed by atoms with Crippen LogP contribution in [0.15, 0.2) is 28.0 Å². The molecule has 1 N–H and O–H groups in total. The smallest absolute Gasteiger partial charge is 0.267 e. The number of thioether (sulfide) groups is 1. The van der Waals surface area contributed by atoms with E-state index in [4.69, 9.17) is 12.2 Å². The van der Waals surface area contributed by atoms with E-state index in [1.807, 2.05) is 19.1 Å². The summed E-state index contributed by atoms with van der Waals surface area (Å²) in [6, 6.07) is 3.77. The van der Waals surface area contributed by atoms with Crippen molar-refractivity contribution >= 4 is 51.7 Å². The van der Waals surface area contributed by atoms with Gasteiger partial charge in [0.25, 0.3) is 11.5 Å². The van der Waals surface area contributed by atoms with Crippen molar-refractivity contribution in [1.82, 2.24) is 14.3 Å². The van der Waals surface area contributed by atoms with E-state index in [-0.39, 0.29) is 11.5 Å². The van der Waals surface area contributed by atoms with Crippen LogP contribution in [0.3, 0.4) is 0 Å². The average Bonchev–Trinajstić information content (AvgIpc) is 2.99. The number of anilines is 1. The van der Waals surface area contributed by atoms with Crippen LogP contribution >= 0.6 is 24.0 Å². The summed E-state index contributed by atoms with van der Waals surface area (Å²) in [5.41, 5.74) is 1.74. The van der Waals surface area contributed by atoms with Gasteiger partial charge in [-0.1, -0.05) is 63.2 Å². The summed E-state index contributed by atoms with van der Waals surface area (Å²) in [5, 5.41) is 3.31. The Kier molecular flexibility index (Phi) is 7.66. The standard InChI is InChI=1S/C22H28N4O2S2/c1-4-6-8-11-23-19-16(20(27)26-14-15(3)9-10-18(26)24-19)13-17-21(28)25(12-7-5-2)22(29)30-17/h9-10,13-14,23H,4-8,11-12H2,1-3H3/b17-13+. The first kappa shape index (κ1) is 22.5. The topological polar surface area (TPSA) is 66.7 Å². The molecule has 3 heterocycles. The Bertz CT molecular complexity index is 1050. The van der Waals surface area contributed by atoms with Gasteiger partial charge in [0, 0.05) is 19.3 Å². The number of thiocarbonyl (C=S) groups is 1. The van der Waals surface area contributed by atoms with E-state index in [9.17, 15) is 9.59 Å². The molecular formula is C22H28N4O2S2. The zero-order chi connectivity index (χ0) is 21.7. The van der Waals surface area contributed by atoms with E-state index < -0.39 is 0 Å². The lowest BCUT2D eigenvalue weighted by atomic mass is 10.2. The highest BCUT2D eigenvalue weighted by molar-refractivity contribution is 8.26. The second-order valence-corrected chi connectivity index (χ2v) is 9.11. The van der Waals surface area contributed by atoms with Gasteiger partial charge in [-0.25, -0.2) is 4.98 Å². The number of rotatable bonds is 9. The van der Waals surface area contributed by atoms with E-state index in [1.165, 1.54) is 16.2 Å². The molecule has 0 spiro atoms. The summed E-state index contributed by atoms with van der Waals surface area (Å²) in [6.07, 6.45) is 8.50. The molecule has 1 saturated heterocycles. The highest BCUT2D eigenvalue weighted by Crippen LogP contribution is 2.33. The van der Waals surface area contributed by atoms with Crippen LogP contribution in [0, 0.1) is 6.92 Å². The number of carbonyl (C=O) groups excluding carboxylic acids is 1. The largest absolute Gasteiger partial charge is 0.369 e. The zero-order valence-electron chi connectivity index (χ0n) is 17.7. The average molecular weight is 445 g/mol. The second kappa shape index (κ2) is 10.2. The van der Waals surface area contributed by atoms with Crippen molar-refractivity contribution in [1.29, 1.82) is 0 Å². The van der Waals surface area contributed by atoms with Gasteiger partial charge in [-0.15, -0.1) is 0 Å². The molecule has 0 bridgehead atoms. The number of nitrogens with one attached hydrogen (secondary N) is 1. The molecule has 1 fully saturated rings. The maximum absolute atomic E-state index is 13.3. The van der Waals surface area contributed by atoms with Crippen LogP contribution in [0.25, 0.3) is 11.7 Å². The molecule has 1 aliphatic heterocycles. The van der Waals surface area contributed by atoms with Crippen LogP contribution < -0.4 is 10.9 Å². The van der Waals surface area contributed by atoms with Crippen molar-refractivity contribution in [2.24, 2.45) is 0 Å². The molecule has 0 unspecified atom stereocenters. The van der Waals surface area contributed by atoms with Gasteiger partial charge in [0.05, 0.1) is 10.5 Å². The SMILES string of the molecule is CCCCCNc1nc2ccc(C)cn2c(=O)c1/C=C1/SC(=S)N(CCCC)C1=O. The van der Waals surface area contributed by atoms with Gasteiger partial charge in [0.2, 0.25) is 0 Å². The lowest BCUT2D eigenvalue weighted by Crippen LogP contribution is -2.29. The van der Waals surface area contributed by atoms with Crippen LogP contribution in [0.1, 0.15) is 57.1 Å². The number of unbranched alkanes of at least 4 members (excludes halogenated alkanes) is 3. The first-order valence-electron chi connectivity index (χ1n) is 10.5. The normalized spacial score (nSPS) is 15.6. The molecule has 3 rings (SSSR count). The van der Waals surface area contributed by atoms with Crippen LogP contribution in [-0.4, -0.2) is 37.6 Å². The fourth-order valence-corrected chi connectivity index (χ4v) is 4.54. The summed E-state index contributed by atoms with van der Waals surface area (Å²) in [7, 11) is 0. The molecule has 1 aliphatic rings. The van der Waals surface area contributed by atoms with Gasteiger partial charge >= 0.3 is 0 Å². The summed E-state index contributed by atoms with van der Waals surface area (Å²) < 4.78 is 2.08. The zero-order valence-corrected chi connectivity index (χ0v) is 19.4. The van der Waals surface area contributed by atoms with Gasteiger partial charge in [-0.3, -0.25) is 18.9 Å². The predicted molar refractivity (Wildman–Crippen MR) is 129 cm³/mol. The van der Waals surface area contributed by atoms with Gasteiger partial charge in [-0.05, 0) is 37.5 Å². The van der Waals surface area contributed by atoms with Crippen molar-refractivity contribution in [2.75, 3.05) is 18.4 Å². The fraction of sp³-hybridized carbons (Fsp3) is 0.455. The van der Waals surface area contributed by atoms with E-state index in [0.717, 1.165) is 44.2 Å². The third-order valence-corrected chi connectivity index (χ3v) is 6.34. The highest BCUT2D eigenvalue weighted by atomic mass is 32.2. The van der Waals surface area contributed by atoms with E-state index in [2.05, 4.69) is 24.1 Å². The third kappa shape index (κ3) is 4.92. The van der Waals surface area contributed by atoms with E-state index in [1.54, 1.807) is 17.2 Å². The minimum Gasteiger partial charge on any atom is -0.369 e. The molecule has 2 aromatic heterocycles. The fourth-order valence-electron chi connectivity index (χ4n) is 3.25. The molecule has 0 saturated carbocycles. The van der Waals surface area contributed by atoms with E-state index >= 15 is 0 Å². The molecule has 2 aromatic rings. The lowest BCUT2D eigenvalue weighted by Gasteiger charge is -2.13. The van der Waals surface area contributed by atoms with Crippen molar-refractivity contribution in [2.45, 2.75) is 52.9 Å². The Labute approximate surface area is 186 Å². The minimum atomic E-state index is -0.194. The number of nitrogens with zero attached hydrogens (tertiary/aromatic N) is 3. The third-order valence-electron chi connectivity index (χ3n) is 4.96. The molecule has 0 aromatic carbocycles. The molecular weight excluding hydrogens is 416 g/mol. The number of pyridine rings is 1. The monoisotopic (exact) mass is 444 g/mol.